The van der Waals surface area contributed by atoms with Crippen molar-refractivity contribution >= 4 is 5.91 Å². The van der Waals surface area contributed by atoms with Crippen LogP contribution >= 0.6 is 0 Å². The molecule has 1 saturated heterocycles. The zero-order chi connectivity index (χ0) is 11.6. The van der Waals surface area contributed by atoms with Gasteiger partial charge >= 0.3 is 0 Å². The maximum absolute atomic E-state index is 12.3. The molecule has 2 unspecified atom stereocenters. The molecule has 88 valence electrons. The molecule has 0 saturated carbocycles. The Kier molecular flexibility index (Phi) is 3.77. The number of carbonyl (C=O) groups is 1. The quantitative estimate of drug-likeness (QED) is 0.756. The molecule has 1 N–H and O–H groups in total. The topological polar surface area (TPSA) is 32.3 Å². The van der Waals surface area contributed by atoms with Crippen molar-refractivity contribution in [3.63, 3.8) is 0 Å². The summed E-state index contributed by atoms with van der Waals surface area (Å²) >= 11 is 0. The standard InChI is InChI=1S/C12H24N2O/c1-6-10(3)14-8-7-9(2)13-12(4,5)11(14)15/h9-10,13H,6-8H2,1-5H3. The molecular weight excluding hydrogens is 188 g/mol. The summed E-state index contributed by atoms with van der Waals surface area (Å²) in [5.74, 6) is 0.237. The van der Waals surface area contributed by atoms with Crippen molar-refractivity contribution in [3.8, 4) is 0 Å². The molecule has 3 heteroatoms. The number of nitrogens with zero attached hydrogens (tertiary/aromatic N) is 1. The van der Waals surface area contributed by atoms with Gasteiger partial charge in [-0.3, -0.25) is 4.79 Å². The van der Waals surface area contributed by atoms with Gasteiger partial charge in [0.15, 0.2) is 0 Å². The summed E-state index contributed by atoms with van der Waals surface area (Å²) in [6, 6.07) is 0.766. The summed E-state index contributed by atoms with van der Waals surface area (Å²) in [5, 5.41) is 3.39. The second-order valence-corrected chi connectivity index (χ2v) is 5.21. The average Bonchev–Trinajstić information content (AvgIpc) is 2.24. The lowest BCUT2D eigenvalue weighted by atomic mass is 10.0. The molecule has 3 nitrogen and oxygen atoms in total. The highest BCUT2D eigenvalue weighted by atomic mass is 16.2. The van der Waals surface area contributed by atoms with Crippen molar-refractivity contribution in [1.82, 2.24) is 10.2 Å². The van der Waals surface area contributed by atoms with Gasteiger partial charge in [0.1, 0.15) is 0 Å². The first-order chi connectivity index (χ1) is 6.88. The number of carbonyl (C=O) groups excluding carboxylic acids is 1. The summed E-state index contributed by atoms with van der Waals surface area (Å²) in [5.41, 5.74) is -0.417. The molecule has 0 radical (unpaired) electrons. The fourth-order valence-corrected chi connectivity index (χ4v) is 2.18. The van der Waals surface area contributed by atoms with Crippen molar-refractivity contribution in [2.24, 2.45) is 0 Å². The van der Waals surface area contributed by atoms with Crippen molar-refractivity contribution in [2.75, 3.05) is 6.54 Å². The molecule has 1 rings (SSSR count). The van der Waals surface area contributed by atoms with Crippen molar-refractivity contribution in [1.29, 1.82) is 0 Å². The molecule has 0 spiro atoms. The Bertz CT molecular complexity index is 238. The lowest BCUT2D eigenvalue weighted by Crippen LogP contribution is -2.54. The molecule has 0 aromatic rings. The Labute approximate surface area is 93.2 Å². The minimum Gasteiger partial charge on any atom is -0.338 e. The zero-order valence-electron chi connectivity index (χ0n) is 10.6. The van der Waals surface area contributed by atoms with Gasteiger partial charge in [-0.05, 0) is 40.5 Å². The van der Waals surface area contributed by atoms with E-state index in [4.69, 9.17) is 0 Å². The smallest absolute Gasteiger partial charge is 0.242 e. The molecule has 1 amide bonds. The third-order valence-corrected chi connectivity index (χ3v) is 3.33. The van der Waals surface area contributed by atoms with Gasteiger partial charge in [-0.2, -0.15) is 0 Å². The highest BCUT2D eigenvalue weighted by molar-refractivity contribution is 5.86. The van der Waals surface area contributed by atoms with Gasteiger partial charge in [0.2, 0.25) is 5.91 Å². The van der Waals surface area contributed by atoms with E-state index in [0.717, 1.165) is 19.4 Å². The van der Waals surface area contributed by atoms with Gasteiger partial charge in [-0.1, -0.05) is 6.92 Å². The third-order valence-electron chi connectivity index (χ3n) is 3.33. The second-order valence-electron chi connectivity index (χ2n) is 5.21. The van der Waals surface area contributed by atoms with E-state index in [-0.39, 0.29) is 5.91 Å². The fraction of sp³-hybridized carbons (Fsp3) is 0.917. The lowest BCUT2D eigenvalue weighted by Gasteiger charge is -2.33. The highest BCUT2D eigenvalue weighted by Crippen LogP contribution is 2.18. The predicted octanol–water partition coefficient (Wildman–Crippen LogP) is 1.77. The first-order valence-corrected chi connectivity index (χ1v) is 5.97. The van der Waals surface area contributed by atoms with Crippen LogP contribution in [0.5, 0.6) is 0 Å². The molecule has 15 heavy (non-hydrogen) atoms. The van der Waals surface area contributed by atoms with E-state index in [1.807, 2.05) is 18.7 Å². The van der Waals surface area contributed by atoms with Gasteiger partial charge in [-0.25, -0.2) is 0 Å². The first kappa shape index (κ1) is 12.5. The van der Waals surface area contributed by atoms with Gasteiger partial charge < -0.3 is 10.2 Å². The minimum atomic E-state index is -0.417. The van der Waals surface area contributed by atoms with E-state index in [1.54, 1.807) is 0 Å². The molecule has 0 aromatic carbocycles. The van der Waals surface area contributed by atoms with Crippen molar-refractivity contribution < 1.29 is 4.79 Å². The number of hydrogen-bond donors (Lipinski definition) is 1. The van der Waals surface area contributed by atoms with E-state index in [9.17, 15) is 4.79 Å². The normalized spacial score (nSPS) is 28.7. The van der Waals surface area contributed by atoms with Crippen LogP contribution in [0.4, 0.5) is 0 Å². The van der Waals surface area contributed by atoms with E-state index in [0.29, 0.717) is 12.1 Å². The SMILES string of the molecule is CCC(C)N1CCC(C)NC(C)(C)C1=O. The third kappa shape index (κ3) is 2.71. The van der Waals surface area contributed by atoms with E-state index >= 15 is 0 Å². The number of nitrogens with one attached hydrogen (secondary N) is 1. The summed E-state index contributed by atoms with van der Waals surface area (Å²) in [7, 11) is 0. The van der Waals surface area contributed by atoms with Crippen LogP contribution in [0.15, 0.2) is 0 Å². The van der Waals surface area contributed by atoms with Crippen LogP contribution in [-0.2, 0) is 4.79 Å². The molecule has 2 atom stereocenters. The van der Waals surface area contributed by atoms with Crippen molar-refractivity contribution in [2.45, 2.75) is 65.1 Å². The van der Waals surface area contributed by atoms with Gasteiger partial charge in [0, 0.05) is 18.6 Å². The van der Waals surface area contributed by atoms with Crippen LogP contribution < -0.4 is 5.32 Å². The Morgan fingerprint density at radius 1 is 1.60 bits per heavy atom. The Morgan fingerprint density at radius 3 is 2.73 bits per heavy atom. The Balaban J connectivity index is 2.85. The lowest BCUT2D eigenvalue weighted by molar-refractivity contribution is -0.138. The molecule has 1 heterocycles. The largest absolute Gasteiger partial charge is 0.338 e. The monoisotopic (exact) mass is 212 g/mol. The molecule has 0 aliphatic carbocycles. The van der Waals surface area contributed by atoms with Crippen LogP contribution in [0.25, 0.3) is 0 Å². The maximum atomic E-state index is 12.3. The average molecular weight is 212 g/mol. The predicted molar refractivity (Wildman–Crippen MR) is 62.8 cm³/mol. The number of amides is 1. The van der Waals surface area contributed by atoms with Gasteiger partial charge in [0.05, 0.1) is 5.54 Å². The number of hydrogen-bond acceptors (Lipinski definition) is 2. The van der Waals surface area contributed by atoms with Crippen LogP contribution in [0.1, 0.15) is 47.5 Å². The Morgan fingerprint density at radius 2 is 2.20 bits per heavy atom. The Hall–Kier alpha value is -0.570. The zero-order valence-corrected chi connectivity index (χ0v) is 10.6. The molecule has 0 bridgehead atoms. The highest BCUT2D eigenvalue weighted by Gasteiger charge is 2.37. The molecule has 1 fully saturated rings. The second kappa shape index (κ2) is 4.52. The van der Waals surface area contributed by atoms with Crippen LogP contribution in [0.3, 0.4) is 0 Å². The summed E-state index contributed by atoms with van der Waals surface area (Å²) < 4.78 is 0. The first-order valence-electron chi connectivity index (χ1n) is 5.97. The summed E-state index contributed by atoms with van der Waals surface area (Å²) in [6.07, 6.45) is 2.07. The fourth-order valence-electron chi connectivity index (χ4n) is 2.18. The van der Waals surface area contributed by atoms with Gasteiger partial charge in [0.25, 0.3) is 0 Å². The molecule has 1 aliphatic rings. The molecule has 1 aliphatic heterocycles. The minimum absolute atomic E-state index is 0.237. The van der Waals surface area contributed by atoms with Crippen LogP contribution in [0.2, 0.25) is 0 Å². The van der Waals surface area contributed by atoms with E-state index < -0.39 is 5.54 Å². The molecular formula is C12H24N2O. The van der Waals surface area contributed by atoms with E-state index in [2.05, 4.69) is 26.1 Å². The van der Waals surface area contributed by atoms with Crippen LogP contribution in [-0.4, -0.2) is 35.0 Å². The van der Waals surface area contributed by atoms with Crippen molar-refractivity contribution in [3.05, 3.63) is 0 Å². The van der Waals surface area contributed by atoms with Gasteiger partial charge in [-0.15, -0.1) is 0 Å². The van der Waals surface area contributed by atoms with E-state index in [1.165, 1.54) is 0 Å². The maximum Gasteiger partial charge on any atom is 0.242 e. The molecule has 0 aromatic heterocycles. The summed E-state index contributed by atoms with van der Waals surface area (Å²) in [6.45, 7) is 11.2. The number of rotatable bonds is 2. The van der Waals surface area contributed by atoms with Crippen LogP contribution in [0, 0.1) is 0 Å². The summed E-state index contributed by atoms with van der Waals surface area (Å²) in [4.78, 5) is 14.3.